The Morgan fingerprint density at radius 3 is 1.29 bits per heavy atom. The number of hydrogen-bond donors (Lipinski definition) is 19. The molecule has 19 N–H and O–H groups in total. The highest BCUT2D eigenvalue weighted by Crippen LogP contribution is 2.74. The summed E-state index contributed by atoms with van der Waals surface area (Å²) in [5, 5.41) is 205. The summed E-state index contributed by atoms with van der Waals surface area (Å²) < 4.78 is 73.5. The summed E-state index contributed by atoms with van der Waals surface area (Å²) in [6.45, 7) is 4.96. The number of rotatable bonds is 18. The lowest BCUT2D eigenvalue weighted by Gasteiger charge is -2.64. The van der Waals surface area contributed by atoms with Crippen LogP contribution in [0.25, 0.3) is 0 Å². The maximum absolute atomic E-state index is 15.4. The van der Waals surface area contributed by atoms with E-state index in [0.29, 0.717) is 50.5 Å². The Labute approximate surface area is 511 Å². The lowest BCUT2D eigenvalue weighted by Crippen LogP contribution is -2.68. The van der Waals surface area contributed by atoms with Crippen LogP contribution >= 0.6 is 0 Å². The number of esters is 1. The summed E-state index contributed by atoms with van der Waals surface area (Å²) >= 11 is 0. The number of hydrogen-bond acceptors (Lipinski definition) is 32. The van der Waals surface area contributed by atoms with E-state index in [1.165, 1.54) is 6.92 Å². The van der Waals surface area contributed by atoms with Crippen molar-refractivity contribution in [2.45, 2.75) is 262 Å². The Morgan fingerprint density at radius 2 is 0.831 bits per heavy atom. The number of carbonyl (C=O) groups excluding carboxylic acids is 1. The predicted molar refractivity (Wildman–Crippen MR) is 287 cm³/mol. The zero-order valence-electron chi connectivity index (χ0n) is 49.6. The molecule has 0 amide bonds. The first-order chi connectivity index (χ1) is 42.1. The summed E-state index contributed by atoms with van der Waals surface area (Å²) in [5.41, 5.74) is -3.10. The molecule has 6 heterocycles. The van der Waals surface area contributed by atoms with E-state index < -0.39 is 257 Å². The van der Waals surface area contributed by atoms with Gasteiger partial charge in [-0.3, -0.25) is 4.79 Å². The number of fused-ring (bicyclic) bond motifs is 3. The summed E-state index contributed by atoms with van der Waals surface area (Å²) in [4.78, 5) is 15.4. The monoisotopic (exact) mass is 1290 g/mol. The van der Waals surface area contributed by atoms with Crippen molar-refractivity contribution in [3.8, 4) is 0 Å². The number of carbonyl (C=O) groups is 1. The lowest BCUT2D eigenvalue weighted by molar-refractivity contribution is -0.398. The van der Waals surface area contributed by atoms with Gasteiger partial charge >= 0.3 is 5.97 Å². The molecule has 4 aliphatic carbocycles. The molecule has 512 valence electrons. The molecule has 6 aliphatic heterocycles. The fourth-order valence-corrected chi connectivity index (χ4v) is 16.6. The molecule has 32 nitrogen and oxygen atoms in total. The maximum Gasteiger partial charge on any atom is 0.314 e. The Balaban J connectivity index is 0.921. The van der Waals surface area contributed by atoms with E-state index in [0.717, 1.165) is 0 Å². The zero-order valence-corrected chi connectivity index (χ0v) is 49.6. The molecular formula is C57H92O32. The molecule has 0 aromatic heterocycles. The van der Waals surface area contributed by atoms with E-state index in [1.54, 1.807) is 6.92 Å². The Hall–Kier alpha value is -1.99. The van der Waals surface area contributed by atoms with Crippen molar-refractivity contribution >= 4 is 5.97 Å². The standard InChI is InChI=1S/C57H92O32/c1-20-12-56-10-6-28-54(3,8-5-9-55(28,4)53(77)88-51-45(86-50-42(76)38(72)33(67)25(16-61)81-50)43(34(68)26(17-62)82-51)84-48-40(74)36(70)31(65)23(14-59)79-48)29(56)7-11-57(20,19-56)89-52-46(87-47-39(73)30(64)21(2)22(13-58)78-47)44(35(69)27(18-63)83-52)85-49-41(75)37(71)32(66)24(15-60)80-49/h21-52,58-76H,1,5-19H2,2-4H3/t21-,22-,23-,24-,25-,26-,27-,28+,29+,30+,31-,32-,33-,34-,35-,36+,37+,38+,39-,40-,41-,42-,43+,44+,45-,46-,47+,48+,49+,50+,51?,52+,54-,55-,56-,57+/m1/s1. The number of aliphatic hydroxyl groups is 19. The quantitative estimate of drug-likeness (QED) is 0.0344. The van der Waals surface area contributed by atoms with Gasteiger partial charge in [-0.05, 0) is 86.5 Å². The van der Waals surface area contributed by atoms with Gasteiger partial charge in [-0.15, -0.1) is 0 Å². The van der Waals surface area contributed by atoms with Crippen molar-refractivity contribution in [1.29, 1.82) is 0 Å². The van der Waals surface area contributed by atoms with E-state index in [2.05, 4.69) is 13.5 Å². The molecule has 6 saturated heterocycles. The summed E-state index contributed by atoms with van der Waals surface area (Å²) in [6, 6.07) is 0. The van der Waals surface area contributed by atoms with Crippen LogP contribution in [0.15, 0.2) is 12.2 Å². The van der Waals surface area contributed by atoms with Gasteiger partial charge in [-0.2, -0.15) is 0 Å². The fraction of sp³-hybridized carbons (Fsp3) is 0.947. The van der Waals surface area contributed by atoms with Gasteiger partial charge < -0.3 is 154 Å². The SMILES string of the molecule is C=C1C[C@@]23CC[C@H]4[C@@](C)(CCC[C@@]4(C)C(=O)OC4O[C@H](CO)[C@@H](O)[C@H](O[C@@H]5O[C@H](CO)[C@@H](O)[C@H](O)[C@H]5O)[C@H]4O[C@@H]4O[C@H](CO)[C@@H](O)[C@H](O)[C@H]4O)[C@@H]2CC[C@]1(O[C@@H]1O[C@H](CO)[C@@H](O)[C@H](O[C@@H]2O[C@H](CO)[C@@H](O)[C@H](O)[C@H]2O)[C@H]1O[C@@H]1O[C@H](CO)[C@@H](C)[C@H](O)[C@H]1O)C3. The van der Waals surface area contributed by atoms with Gasteiger partial charge in [0.05, 0.1) is 62.9 Å². The molecule has 36 atom stereocenters. The van der Waals surface area contributed by atoms with Crippen LogP contribution in [0.1, 0.15) is 78.6 Å². The first kappa shape index (κ1) is 69.8. The molecule has 4 saturated carbocycles. The van der Waals surface area contributed by atoms with Crippen LogP contribution in [0, 0.1) is 34.0 Å². The van der Waals surface area contributed by atoms with Gasteiger partial charge in [0.1, 0.15) is 122 Å². The van der Waals surface area contributed by atoms with Crippen LogP contribution in [0.2, 0.25) is 0 Å². The van der Waals surface area contributed by atoms with Gasteiger partial charge in [0, 0.05) is 5.92 Å². The first-order valence-electron chi connectivity index (χ1n) is 30.7. The summed E-state index contributed by atoms with van der Waals surface area (Å²) in [7, 11) is 0. The molecule has 10 aliphatic rings. The van der Waals surface area contributed by atoms with Crippen LogP contribution in [0.3, 0.4) is 0 Å². The third-order valence-electron chi connectivity index (χ3n) is 21.7. The molecular weight excluding hydrogens is 1200 g/mol. The number of aliphatic hydroxyl groups excluding tert-OH is 19. The molecule has 32 heteroatoms. The molecule has 0 aromatic rings. The lowest BCUT2D eigenvalue weighted by atomic mass is 9.41. The van der Waals surface area contributed by atoms with Crippen LogP contribution in [0.4, 0.5) is 0 Å². The largest absolute Gasteiger partial charge is 0.432 e. The third kappa shape index (κ3) is 12.3. The van der Waals surface area contributed by atoms with Crippen molar-refractivity contribution < 1.29 is 159 Å². The Bertz CT molecular complexity index is 2390. The average Bonchev–Trinajstić information content (AvgIpc) is 1.62. The smallest absolute Gasteiger partial charge is 0.314 e. The second-order valence-corrected chi connectivity index (χ2v) is 26.8. The van der Waals surface area contributed by atoms with Gasteiger partial charge in [0.15, 0.2) is 37.6 Å². The molecule has 10 rings (SSSR count). The van der Waals surface area contributed by atoms with E-state index >= 15 is 4.79 Å². The van der Waals surface area contributed by atoms with Crippen LogP contribution < -0.4 is 0 Å². The highest BCUT2D eigenvalue weighted by atomic mass is 16.8. The Morgan fingerprint density at radius 1 is 0.449 bits per heavy atom. The highest BCUT2D eigenvalue weighted by molar-refractivity contribution is 5.77. The molecule has 1 spiro atoms. The van der Waals surface area contributed by atoms with E-state index in [4.69, 9.17) is 56.8 Å². The second-order valence-electron chi connectivity index (χ2n) is 26.8. The van der Waals surface area contributed by atoms with Gasteiger partial charge in [-0.1, -0.05) is 26.8 Å². The minimum absolute atomic E-state index is 0.131. The number of ether oxygens (including phenoxy) is 12. The van der Waals surface area contributed by atoms with E-state index in [1.807, 2.05) is 0 Å². The molecule has 2 bridgehead atoms. The first-order valence-corrected chi connectivity index (χ1v) is 30.7. The zero-order chi connectivity index (χ0) is 64.7. The highest BCUT2D eigenvalue weighted by Gasteiger charge is 2.70. The summed E-state index contributed by atoms with van der Waals surface area (Å²) in [6.07, 6.45) is -48.0. The minimum atomic E-state index is -2.07. The molecule has 0 radical (unpaired) electrons. The van der Waals surface area contributed by atoms with E-state index in [9.17, 15) is 97.0 Å². The van der Waals surface area contributed by atoms with Crippen LogP contribution in [-0.2, 0) is 61.6 Å². The van der Waals surface area contributed by atoms with Gasteiger partial charge in [0.2, 0.25) is 6.29 Å². The van der Waals surface area contributed by atoms with Crippen molar-refractivity contribution in [3.63, 3.8) is 0 Å². The maximum atomic E-state index is 15.4. The van der Waals surface area contributed by atoms with Crippen LogP contribution in [-0.4, -0.2) is 326 Å². The normalized spacial score (nSPS) is 54.5. The second kappa shape index (κ2) is 27.3. The van der Waals surface area contributed by atoms with Gasteiger partial charge in [0.25, 0.3) is 0 Å². The Kier molecular flexibility index (Phi) is 21.4. The van der Waals surface area contributed by atoms with Crippen molar-refractivity contribution in [2.24, 2.45) is 34.0 Å². The molecule has 1 unspecified atom stereocenters. The topological polar surface area (TPSA) is 512 Å². The predicted octanol–water partition coefficient (Wildman–Crippen LogP) is -8.19. The van der Waals surface area contributed by atoms with Gasteiger partial charge in [-0.25, -0.2) is 0 Å². The summed E-state index contributed by atoms with van der Waals surface area (Å²) in [5.74, 6) is -2.18. The average molecular weight is 1290 g/mol. The van der Waals surface area contributed by atoms with Crippen molar-refractivity contribution in [3.05, 3.63) is 12.2 Å². The molecule has 0 aromatic carbocycles. The van der Waals surface area contributed by atoms with Crippen LogP contribution in [0.5, 0.6) is 0 Å². The third-order valence-corrected chi connectivity index (χ3v) is 21.7. The minimum Gasteiger partial charge on any atom is -0.432 e. The van der Waals surface area contributed by atoms with E-state index in [-0.39, 0.29) is 18.8 Å². The van der Waals surface area contributed by atoms with Crippen molar-refractivity contribution in [2.75, 3.05) is 39.6 Å². The molecule has 10 fully saturated rings. The molecule has 89 heavy (non-hydrogen) atoms. The fourth-order valence-electron chi connectivity index (χ4n) is 16.6. The van der Waals surface area contributed by atoms with Crippen molar-refractivity contribution in [1.82, 2.24) is 0 Å².